The normalized spacial score (nSPS) is 12.8. The molecule has 0 saturated heterocycles. The molecule has 0 aliphatic carbocycles. The summed E-state index contributed by atoms with van der Waals surface area (Å²) in [6.45, 7) is 3.14. The van der Waals surface area contributed by atoms with Crippen LogP contribution >= 0.6 is 0 Å². The van der Waals surface area contributed by atoms with E-state index in [9.17, 15) is 24.3 Å². The van der Waals surface area contributed by atoms with Gasteiger partial charge in [0.25, 0.3) is 0 Å². The van der Waals surface area contributed by atoms with Crippen molar-refractivity contribution in [3.63, 3.8) is 0 Å². The number of carboxylic acids is 1. The number of ether oxygens (including phenoxy) is 1. The number of nitrogens with one attached hydrogen (secondary N) is 2. The van der Waals surface area contributed by atoms with E-state index in [-0.39, 0.29) is 19.4 Å². The number of amides is 2. The van der Waals surface area contributed by atoms with Crippen molar-refractivity contribution in [2.24, 2.45) is 0 Å². The minimum absolute atomic E-state index is 0.0992. The molecule has 2 amide bonds. The lowest BCUT2D eigenvalue weighted by Crippen LogP contribution is -2.52. The predicted octanol–water partition coefficient (Wildman–Crippen LogP) is 0.813. The molecule has 0 unspecified atom stereocenters. The first-order valence-corrected chi connectivity index (χ1v) is 8.51. The van der Waals surface area contributed by atoms with Crippen molar-refractivity contribution >= 4 is 23.8 Å². The van der Waals surface area contributed by atoms with Gasteiger partial charge in [0.1, 0.15) is 12.1 Å². The predicted molar refractivity (Wildman–Crippen MR) is 97.7 cm³/mol. The van der Waals surface area contributed by atoms with Crippen molar-refractivity contribution in [3.05, 3.63) is 48.0 Å². The van der Waals surface area contributed by atoms with Crippen molar-refractivity contribution in [2.45, 2.75) is 38.8 Å². The Bertz CT molecular complexity index is 687. The highest BCUT2D eigenvalue weighted by Gasteiger charge is 2.25. The number of carboxylic acid groups (broad SMARTS) is 1. The van der Waals surface area contributed by atoms with Gasteiger partial charge in [0.05, 0.1) is 6.61 Å². The molecule has 8 nitrogen and oxygen atoms in total. The van der Waals surface area contributed by atoms with E-state index in [1.807, 2.05) is 6.07 Å². The molecule has 0 saturated carbocycles. The van der Waals surface area contributed by atoms with Gasteiger partial charge in [0, 0.05) is 19.4 Å². The third-order valence-electron chi connectivity index (χ3n) is 3.50. The second-order valence-electron chi connectivity index (χ2n) is 5.73. The summed E-state index contributed by atoms with van der Waals surface area (Å²) in [5.41, 5.74) is 0.820. The third-order valence-corrected chi connectivity index (χ3v) is 3.50. The number of hydrogen-bond acceptors (Lipinski definition) is 5. The topological polar surface area (TPSA) is 122 Å². The minimum atomic E-state index is -1.25. The molecule has 8 heteroatoms. The molecule has 146 valence electrons. The Balaban J connectivity index is 2.77. The highest BCUT2D eigenvalue weighted by atomic mass is 16.5. The van der Waals surface area contributed by atoms with Crippen LogP contribution in [0.2, 0.25) is 0 Å². The summed E-state index contributed by atoms with van der Waals surface area (Å²) in [6, 6.07) is 6.89. The first-order chi connectivity index (χ1) is 12.8. The monoisotopic (exact) mass is 376 g/mol. The summed E-state index contributed by atoms with van der Waals surface area (Å²) in [6.07, 6.45) is 2.55. The number of carbonyl (C=O) groups excluding carboxylic acids is 3. The molecule has 0 aliphatic rings. The Kier molecular flexibility index (Phi) is 9.28. The van der Waals surface area contributed by atoms with Gasteiger partial charge in [0.15, 0.2) is 0 Å². The molecule has 0 radical (unpaired) electrons. The average Bonchev–Trinajstić information content (AvgIpc) is 2.60. The standard InChI is InChI=1S/C19H24N2O6/c1-3-27-17(23)11-7-10-15(19(25)26)21-18(24)16(20-13(2)22)12-14-8-5-4-6-9-14/h4-9,11,15-16H,3,10,12H2,1-2H3,(H,20,22)(H,21,24)(H,25,26)/b11-7+/t15-,16+/m0/s1. The van der Waals surface area contributed by atoms with Gasteiger partial charge in [-0.3, -0.25) is 9.59 Å². The van der Waals surface area contributed by atoms with Crippen LogP contribution in [0.4, 0.5) is 0 Å². The average molecular weight is 376 g/mol. The second-order valence-corrected chi connectivity index (χ2v) is 5.73. The fraction of sp³-hybridized carbons (Fsp3) is 0.368. The van der Waals surface area contributed by atoms with E-state index in [2.05, 4.69) is 10.6 Å². The smallest absolute Gasteiger partial charge is 0.330 e. The van der Waals surface area contributed by atoms with Gasteiger partial charge in [-0.15, -0.1) is 0 Å². The largest absolute Gasteiger partial charge is 0.480 e. The molecular weight excluding hydrogens is 352 g/mol. The SMILES string of the molecule is CCOC(=O)/C=C/C[C@H](NC(=O)[C@@H](Cc1ccccc1)NC(C)=O)C(=O)O. The van der Waals surface area contributed by atoms with E-state index in [1.54, 1.807) is 31.2 Å². The molecule has 3 N–H and O–H groups in total. The summed E-state index contributed by atoms with van der Waals surface area (Å²) < 4.78 is 4.71. The van der Waals surface area contributed by atoms with Crippen LogP contribution in [-0.4, -0.2) is 47.6 Å². The van der Waals surface area contributed by atoms with E-state index in [1.165, 1.54) is 13.0 Å². The van der Waals surface area contributed by atoms with Crippen molar-refractivity contribution in [2.75, 3.05) is 6.61 Å². The second kappa shape index (κ2) is 11.5. The Morgan fingerprint density at radius 3 is 2.33 bits per heavy atom. The van der Waals surface area contributed by atoms with Crippen molar-refractivity contribution < 1.29 is 29.0 Å². The molecule has 2 atom stereocenters. The molecule has 0 fully saturated rings. The van der Waals surface area contributed by atoms with Gasteiger partial charge in [-0.1, -0.05) is 36.4 Å². The van der Waals surface area contributed by atoms with Crippen LogP contribution in [0.15, 0.2) is 42.5 Å². The lowest BCUT2D eigenvalue weighted by Gasteiger charge is -2.20. The zero-order chi connectivity index (χ0) is 20.2. The van der Waals surface area contributed by atoms with Gasteiger partial charge in [0.2, 0.25) is 11.8 Å². The number of hydrogen-bond donors (Lipinski definition) is 3. The number of esters is 1. The van der Waals surface area contributed by atoms with E-state index in [0.717, 1.165) is 11.6 Å². The summed E-state index contributed by atoms with van der Waals surface area (Å²) >= 11 is 0. The molecule has 0 aliphatic heterocycles. The Morgan fingerprint density at radius 1 is 1.11 bits per heavy atom. The van der Waals surface area contributed by atoms with E-state index in [0.29, 0.717) is 0 Å². The van der Waals surface area contributed by atoms with Gasteiger partial charge in [-0.05, 0) is 18.9 Å². The summed E-state index contributed by atoms with van der Waals surface area (Å²) in [5.74, 6) is -2.86. The zero-order valence-electron chi connectivity index (χ0n) is 15.3. The summed E-state index contributed by atoms with van der Waals surface area (Å²) in [5, 5.41) is 14.2. The fourth-order valence-corrected chi connectivity index (χ4v) is 2.29. The molecule has 1 rings (SSSR count). The molecule has 27 heavy (non-hydrogen) atoms. The number of benzene rings is 1. The zero-order valence-corrected chi connectivity index (χ0v) is 15.3. The Morgan fingerprint density at radius 2 is 1.78 bits per heavy atom. The number of rotatable bonds is 10. The van der Waals surface area contributed by atoms with E-state index >= 15 is 0 Å². The molecule has 0 spiro atoms. The van der Waals surface area contributed by atoms with Crippen LogP contribution in [0.5, 0.6) is 0 Å². The maximum absolute atomic E-state index is 12.5. The maximum Gasteiger partial charge on any atom is 0.330 e. The van der Waals surface area contributed by atoms with Gasteiger partial charge >= 0.3 is 11.9 Å². The van der Waals surface area contributed by atoms with Gasteiger partial charge < -0.3 is 20.5 Å². The van der Waals surface area contributed by atoms with Crippen LogP contribution < -0.4 is 10.6 Å². The Hall–Kier alpha value is -3.16. The quantitative estimate of drug-likeness (QED) is 0.410. The first kappa shape index (κ1) is 21.9. The molecule has 0 bridgehead atoms. The minimum Gasteiger partial charge on any atom is -0.480 e. The molecule has 1 aromatic rings. The van der Waals surface area contributed by atoms with Crippen LogP contribution in [0.25, 0.3) is 0 Å². The molecule has 1 aromatic carbocycles. The molecule has 0 heterocycles. The van der Waals surface area contributed by atoms with Crippen molar-refractivity contribution in [3.8, 4) is 0 Å². The molecular formula is C19H24N2O6. The van der Waals surface area contributed by atoms with Gasteiger partial charge in [-0.25, -0.2) is 9.59 Å². The van der Waals surface area contributed by atoms with Crippen LogP contribution in [-0.2, 0) is 30.3 Å². The highest BCUT2D eigenvalue weighted by Crippen LogP contribution is 2.05. The lowest BCUT2D eigenvalue weighted by molar-refractivity contribution is -0.142. The summed E-state index contributed by atoms with van der Waals surface area (Å²) in [4.78, 5) is 46.5. The van der Waals surface area contributed by atoms with Gasteiger partial charge in [-0.2, -0.15) is 0 Å². The first-order valence-electron chi connectivity index (χ1n) is 8.51. The number of aliphatic carboxylic acids is 1. The van der Waals surface area contributed by atoms with Crippen LogP contribution in [0, 0.1) is 0 Å². The lowest BCUT2D eigenvalue weighted by atomic mass is 10.0. The van der Waals surface area contributed by atoms with E-state index in [4.69, 9.17) is 4.74 Å². The van der Waals surface area contributed by atoms with Crippen molar-refractivity contribution in [1.29, 1.82) is 0 Å². The summed E-state index contributed by atoms with van der Waals surface area (Å²) in [7, 11) is 0. The fourth-order valence-electron chi connectivity index (χ4n) is 2.29. The van der Waals surface area contributed by atoms with E-state index < -0.39 is 35.8 Å². The highest BCUT2D eigenvalue weighted by molar-refractivity contribution is 5.90. The van der Waals surface area contributed by atoms with Crippen LogP contribution in [0.3, 0.4) is 0 Å². The Labute approximate surface area is 157 Å². The third kappa shape index (κ3) is 8.66. The van der Waals surface area contributed by atoms with Crippen molar-refractivity contribution in [1.82, 2.24) is 10.6 Å². The molecule has 0 aromatic heterocycles. The number of carbonyl (C=O) groups is 4. The maximum atomic E-state index is 12.5. The van der Waals surface area contributed by atoms with Crippen LogP contribution in [0.1, 0.15) is 25.8 Å².